The van der Waals surface area contributed by atoms with Gasteiger partial charge in [-0.2, -0.15) is 5.26 Å². The molecule has 2 aliphatic rings. The second kappa shape index (κ2) is 13.8. The van der Waals surface area contributed by atoms with E-state index in [4.69, 9.17) is 27.6 Å². The molecule has 7 rings (SSSR count). The number of hydrogen-bond donors (Lipinski definition) is 4. The van der Waals surface area contributed by atoms with Crippen molar-refractivity contribution in [1.82, 2.24) is 30.8 Å². The van der Waals surface area contributed by atoms with E-state index in [1.54, 1.807) is 18.5 Å². The Labute approximate surface area is 299 Å². The topological polar surface area (TPSA) is 117 Å². The summed E-state index contributed by atoms with van der Waals surface area (Å²) in [5.74, 6) is -0.0205. The lowest BCUT2D eigenvalue weighted by atomic mass is 9.97. The van der Waals surface area contributed by atoms with Crippen molar-refractivity contribution in [2.75, 3.05) is 23.7 Å². The molecule has 4 N–H and O–H groups in total. The number of pyridine rings is 1. The largest absolute Gasteiger partial charge is 0.445 e. The van der Waals surface area contributed by atoms with Crippen molar-refractivity contribution in [1.29, 1.82) is 5.26 Å². The van der Waals surface area contributed by atoms with Crippen LogP contribution in [0, 0.1) is 17.1 Å². The highest BCUT2D eigenvalue weighted by Gasteiger charge is 2.32. The molecular weight excluding hydrogens is 676 g/mol. The number of aromatic nitrogens is 2. The van der Waals surface area contributed by atoms with Crippen molar-refractivity contribution in [2.24, 2.45) is 0 Å². The van der Waals surface area contributed by atoms with Crippen LogP contribution < -0.4 is 21.6 Å². The summed E-state index contributed by atoms with van der Waals surface area (Å²) in [6.07, 6.45) is 8.81. The number of anilines is 3. The van der Waals surface area contributed by atoms with Gasteiger partial charge < -0.3 is 20.5 Å². The third-order valence-electron chi connectivity index (χ3n) is 9.17. The lowest BCUT2D eigenvalue weighted by Gasteiger charge is -2.42. The highest BCUT2D eigenvalue weighted by atomic mass is 35.5. The van der Waals surface area contributed by atoms with Crippen LogP contribution in [0.2, 0.25) is 10.0 Å². The Morgan fingerprint density at radius 2 is 1.84 bits per heavy atom. The van der Waals surface area contributed by atoms with Crippen LogP contribution in [-0.4, -0.2) is 44.5 Å². The Balaban J connectivity index is 1.26. The molecule has 0 radical (unpaired) electrons. The SMILES string of the molecule is CC(C)(C)N1CCC(N2C=C([C@@H](Nc3cc(Cl)c4ncc(C#N)c(Nc5ccc(F)c(Cl)c5)c4c3)c3cccc(-c4ncco4)c3)NN2)CC1. The molecule has 10 nitrogen and oxygen atoms in total. The number of nitrogens with zero attached hydrogens (tertiary/aromatic N) is 5. The Bertz CT molecular complexity index is 2100. The first kappa shape index (κ1) is 33.6. The van der Waals surface area contributed by atoms with E-state index in [0.29, 0.717) is 50.5 Å². The molecule has 0 unspecified atom stereocenters. The maximum Gasteiger partial charge on any atom is 0.225 e. The summed E-state index contributed by atoms with van der Waals surface area (Å²) in [5, 5.41) is 20.1. The molecule has 50 heavy (non-hydrogen) atoms. The highest BCUT2D eigenvalue weighted by Crippen LogP contribution is 2.38. The number of benzene rings is 3. The number of nitriles is 1. The summed E-state index contributed by atoms with van der Waals surface area (Å²) in [6.45, 7) is 8.82. The van der Waals surface area contributed by atoms with Crippen LogP contribution in [0.15, 0.2) is 89.6 Å². The number of hydrogen-bond acceptors (Lipinski definition) is 10. The van der Waals surface area contributed by atoms with Crippen LogP contribution in [0.3, 0.4) is 0 Å². The normalized spacial score (nSPS) is 16.2. The fourth-order valence-electron chi connectivity index (χ4n) is 6.51. The standard InChI is InChI=1S/C37H36Cl2FN9O/c1-37(2,3)48-12-9-27(10-13-48)49-21-32(46-47-49)34(22-5-4-6-23(15-22)36-42-11-14-50-36)45-26-16-28-33(44-25-7-8-31(40)29(38)17-25)24(19-41)20-43-35(28)30(39)18-26/h4-8,11,14-18,20-21,27,34,45-47H,9-10,12-13H2,1-3H3,(H,43,44)/t34-/m0/s1. The number of fused-ring (bicyclic) bond motifs is 1. The van der Waals surface area contributed by atoms with Gasteiger partial charge in [0.1, 0.15) is 18.1 Å². The first-order valence-electron chi connectivity index (χ1n) is 16.3. The summed E-state index contributed by atoms with van der Waals surface area (Å²) in [5.41, 5.74) is 12.1. The second-order valence-corrected chi connectivity index (χ2v) is 14.2. The van der Waals surface area contributed by atoms with Gasteiger partial charge >= 0.3 is 0 Å². The minimum atomic E-state index is -0.539. The fourth-order valence-corrected chi connectivity index (χ4v) is 6.96. The molecule has 0 saturated carbocycles. The highest BCUT2D eigenvalue weighted by molar-refractivity contribution is 6.36. The maximum atomic E-state index is 13.9. The van der Waals surface area contributed by atoms with Gasteiger partial charge in [-0.25, -0.2) is 9.37 Å². The molecule has 2 aromatic heterocycles. The van der Waals surface area contributed by atoms with E-state index >= 15 is 0 Å². The van der Waals surface area contributed by atoms with Crippen molar-refractivity contribution in [3.05, 3.63) is 112 Å². The van der Waals surface area contributed by atoms with Crippen molar-refractivity contribution in [3.8, 4) is 17.5 Å². The monoisotopic (exact) mass is 711 g/mol. The predicted octanol–water partition coefficient (Wildman–Crippen LogP) is 8.53. The van der Waals surface area contributed by atoms with Crippen LogP contribution in [0.1, 0.15) is 50.8 Å². The van der Waals surface area contributed by atoms with E-state index in [-0.39, 0.29) is 16.6 Å². The lowest BCUT2D eigenvalue weighted by molar-refractivity contribution is 0.0570. The zero-order valence-corrected chi connectivity index (χ0v) is 29.3. The van der Waals surface area contributed by atoms with Crippen molar-refractivity contribution >= 4 is 51.2 Å². The average Bonchev–Trinajstić information content (AvgIpc) is 3.83. The number of halogens is 3. The van der Waals surface area contributed by atoms with Crippen LogP contribution in [0.4, 0.5) is 21.5 Å². The van der Waals surface area contributed by atoms with E-state index in [0.717, 1.165) is 42.8 Å². The Hall–Kier alpha value is -4.86. The van der Waals surface area contributed by atoms with Gasteiger partial charge in [0.25, 0.3) is 0 Å². The zero-order chi connectivity index (χ0) is 35.0. The molecule has 1 atom stereocenters. The number of hydrazine groups is 2. The van der Waals surface area contributed by atoms with Gasteiger partial charge in [0.15, 0.2) is 0 Å². The minimum Gasteiger partial charge on any atom is -0.445 e. The summed E-state index contributed by atoms with van der Waals surface area (Å²) < 4.78 is 19.6. The quantitative estimate of drug-likeness (QED) is 0.125. The Kier molecular flexibility index (Phi) is 9.28. The maximum absolute atomic E-state index is 13.9. The molecule has 0 amide bonds. The van der Waals surface area contributed by atoms with E-state index < -0.39 is 5.82 Å². The average molecular weight is 713 g/mol. The molecule has 1 fully saturated rings. The van der Waals surface area contributed by atoms with Crippen LogP contribution in [-0.2, 0) is 0 Å². The second-order valence-electron chi connectivity index (χ2n) is 13.4. The van der Waals surface area contributed by atoms with Crippen molar-refractivity contribution in [3.63, 3.8) is 0 Å². The zero-order valence-electron chi connectivity index (χ0n) is 27.8. The van der Waals surface area contributed by atoms with Gasteiger partial charge in [-0.05, 0) is 81.6 Å². The van der Waals surface area contributed by atoms with Crippen LogP contribution in [0.5, 0.6) is 0 Å². The molecule has 2 aliphatic heterocycles. The van der Waals surface area contributed by atoms with Crippen molar-refractivity contribution in [2.45, 2.75) is 51.2 Å². The fraction of sp³-hybridized carbons (Fsp3) is 0.270. The summed E-state index contributed by atoms with van der Waals surface area (Å²) in [6, 6.07) is 18.2. The molecular formula is C37H36Cl2FN9O. The summed E-state index contributed by atoms with van der Waals surface area (Å²) >= 11 is 12.9. The Morgan fingerprint density at radius 1 is 1.04 bits per heavy atom. The number of rotatable bonds is 8. The summed E-state index contributed by atoms with van der Waals surface area (Å²) in [7, 11) is 0. The number of likely N-dealkylation sites (tertiary alicyclic amines) is 1. The molecule has 0 bridgehead atoms. The van der Waals surface area contributed by atoms with Gasteiger partial charge in [0.2, 0.25) is 5.89 Å². The molecule has 0 spiro atoms. The molecule has 1 saturated heterocycles. The first-order valence-corrected chi connectivity index (χ1v) is 17.1. The predicted molar refractivity (Wildman–Crippen MR) is 195 cm³/mol. The van der Waals surface area contributed by atoms with Gasteiger partial charge in [-0.3, -0.25) is 14.9 Å². The third-order valence-corrected chi connectivity index (χ3v) is 9.75. The minimum absolute atomic E-state index is 0.0400. The van der Waals surface area contributed by atoms with Crippen LogP contribution in [0.25, 0.3) is 22.4 Å². The van der Waals surface area contributed by atoms with Gasteiger partial charge in [-0.1, -0.05) is 35.3 Å². The van der Waals surface area contributed by atoms with E-state index in [2.05, 4.69) is 74.5 Å². The molecule has 0 aliphatic carbocycles. The molecule has 256 valence electrons. The van der Waals surface area contributed by atoms with Gasteiger partial charge in [-0.15, -0.1) is 5.53 Å². The Morgan fingerprint density at radius 3 is 2.56 bits per heavy atom. The smallest absolute Gasteiger partial charge is 0.225 e. The van der Waals surface area contributed by atoms with Crippen LogP contribution >= 0.6 is 23.2 Å². The number of nitrogens with one attached hydrogen (secondary N) is 4. The molecule has 13 heteroatoms. The number of oxazole rings is 1. The van der Waals surface area contributed by atoms with Crippen molar-refractivity contribution < 1.29 is 8.81 Å². The van der Waals surface area contributed by atoms with Gasteiger partial charge in [0, 0.05) is 59.4 Å². The van der Waals surface area contributed by atoms with E-state index in [1.807, 2.05) is 36.4 Å². The first-order chi connectivity index (χ1) is 24.1. The van der Waals surface area contributed by atoms with Gasteiger partial charge in [0.05, 0.1) is 44.7 Å². The summed E-state index contributed by atoms with van der Waals surface area (Å²) in [4.78, 5) is 11.4. The third kappa shape index (κ3) is 6.93. The number of piperidine rings is 1. The van der Waals surface area contributed by atoms with E-state index in [1.165, 1.54) is 18.3 Å². The molecule has 3 aromatic carbocycles. The lowest BCUT2D eigenvalue weighted by Crippen LogP contribution is -2.52. The molecule has 4 heterocycles. The molecule has 5 aromatic rings. The van der Waals surface area contributed by atoms with E-state index in [9.17, 15) is 9.65 Å².